The molecule has 0 bridgehead atoms. The predicted octanol–water partition coefficient (Wildman–Crippen LogP) is 3.97. The van der Waals surface area contributed by atoms with Crippen LogP contribution in [0.5, 0.6) is 5.75 Å². The van der Waals surface area contributed by atoms with Gasteiger partial charge in [0.1, 0.15) is 11.6 Å². The summed E-state index contributed by atoms with van der Waals surface area (Å²) < 4.78 is 17.9. The van der Waals surface area contributed by atoms with Crippen molar-refractivity contribution >= 4 is 47.4 Å². The van der Waals surface area contributed by atoms with Gasteiger partial charge in [-0.1, -0.05) is 0 Å². The van der Waals surface area contributed by atoms with Crippen LogP contribution in [0.2, 0.25) is 0 Å². The number of anilines is 1. The van der Waals surface area contributed by atoms with E-state index in [9.17, 15) is 4.39 Å². The maximum absolute atomic E-state index is 12.8. The molecule has 0 spiro atoms. The zero-order chi connectivity index (χ0) is 15.8. The molecule has 0 aliphatic rings. The Morgan fingerprint density at radius 2 is 1.83 bits per heavy atom. The minimum absolute atomic E-state index is 0. The summed E-state index contributed by atoms with van der Waals surface area (Å²) in [7, 11) is 1.62. The third-order valence-electron chi connectivity index (χ3n) is 2.82. The topological polar surface area (TPSA) is 59.6 Å². The van der Waals surface area contributed by atoms with E-state index in [1.807, 2.05) is 24.3 Å². The summed E-state index contributed by atoms with van der Waals surface area (Å²) in [4.78, 5) is 5.26. The molecular weight excluding hydrogens is 428 g/mol. The average Bonchev–Trinajstić information content (AvgIpc) is 2.54. The number of nitrogens with one attached hydrogen (secondary N) is 1. The van der Waals surface area contributed by atoms with Crippen LogP contribution in [-0.4, -0.2) is 25.4 Å². The standard InChI is InChI=1S/C16H18FN3OS.HI/c1-21-14-6-4-13(5-7-14)20-16(18)19-10-11-22-15-8-2-12(17)3-9-15;/h2-9H,10-11H2,1H3,(H3,18,19,20);1H. The van der Waals surface area contributed by atoms with Gasteiger partial charge in [-0.05, 0) is 48.5 Å². The lowest BCUT2D eigenvalue weighted by atomic mass is 10.3. The monoisotopic (exact) mass is 447 g/mol. The van der Waals surface area contributed by atoms with Gasteiger partial charge in [0, 0.05) is 16.3 Å². The van der Waals surface area contributed by atoms with E-state index in [1.165, 1.54) is 12.1 Å². The quantitative estimate of drug-likeness (QED) is 0.231. The van der Waals surface area contributed by atoms with Crippen molar-refractivity contribution in [1.82, 2.24) is 0 Å². The first kappa shape index (κ1) is 19.6. The Hall–Kier alpha value is -1.48. The Labute approximate surface area is 156 Å². The van der Waals surface area contributed by atoms with Gasteiger partial charge in [0.25, 0.3) is 0 Å². The fraction of sp³-hybridized carbons (Fsp3) is 0.188. The maximum atomic E-state index is 12.8. The Kier molecular flexibility index (Phi) is 8.78. The minimum atomic E-state index is -0.227. The molecule has 0 saturated carbocycles. The van der Waals surface area contributed by atoms with Crippen molar-refractivity contribution in [2.75, 3.05) is 24.7 Å². The number of nitrogens with zero attached hydrogens (tertiary/aromatic N) is 1. The van der Waals surface area contributed by atoms with E-state index in [4.69, 9.17) is 10.5 Å². The van der Waals surface area contributed by atoms with E-state index < -0.39 is 0 Å². The second-order valence-corrected chi connectivity index (χ2v) is 5.59. The number of aliphatic imine (C=N–C) groups is 1. The van der Waals surface area contributed by atoms with Gasteiger partial charge in [-0.2, -0.15) is 0 Å². The van der Waals surface area contributed by atoms with E-state index in [-0.39, 0.29) is 29.8 Å². The number of rotatable bonds is 6. The van der Waals surface area contributed by atoms with E-state index in [2.05, 4.69) is 10.3 Å². The van der Waals surface area contributed by atoms with E-state index in [1.54, 1.807) is 31.0 Å². The van der Waals surface area contributed by atoms with Gasteiger partial charge >= 0.3 is 0 Å². The van der Waals surface area contributed by atoms with Gasteiger partial charge in [0.05, 0.1) is 13.7 Å². The molecule has 0 atom stereocenters. The zero-order valence-corrected chi connectivity index (χ0v) is 15.8. The molecule has 4 nitrogen and oxygen atoms in total. The normalized spacial score (nSPS) is 10.8. The largest absolute Gasteiger partial charge is 0.497 e. The van der Waals surface area contributed by atoms with Crippen LogP contribution >= 0.6 is 35.7 Å². The number of nitrogens with two attached hydrogens (primary N) is 1. The lowest BCUT2D eigenvalue weighted by Gasteiger charge is -2.06. The molecule has 3 N–H and O–H groups in total. The molecule has 0 amide bonds. The van der Waals surface area contributed by atoms with Gasteiger partial charge < -0.3 is 15.8 Å². The first-order valence-corrected chi connectivity index (χ1v) is 7.75. The molecule has 2 aromatic carbocycles. The molecular formula is C16H19FIN3OS. The van der Waals surface area contributed by atoms with Crippen LogP contribution in [0.1, 0.15) is 0 Å². The summed E-state index contributed by atoms with van der Waals surface area (Å²) in [5.41, 5.74) is 6.68. The third-order valence-corrected chi connectivity index (χ3v) is 3.81. The van der Waals surface area contributed by atoms with E-state index >= 15 is 0 Å². The van der Waals surface area contributed by atoms with Crippen LogP contribution in [0, 0.1) is 5.82 Å². The van der Waals surface area contributed by atoms with Crippen LogP contribution in [0.3, 0.4) is 0 Å². The fourth-order valence-corrected chi connectivity index (χ4v) is 2.47. The maximum Gasteiger partial charge on any atom is 0.193 e. The smallest absolute Gasteiger partial charge is 0.193 e. The molecule has 0 aliphatic carbocycles. The molecule has 2 rings (SSSR count). The van der Waals surface area contributed by atoms with Crippen molar-refractivity contribution in [3.8, 4) is 5.75 Å². The molecule has 124 valence electrons. The second-order valence-electron chi connectivity index (χ2n) is 4.42. The Morgan fingerprint density at radius 1 is 1.17 bits per heavy atom. The number of guanidine groups is 1. The molecule has 0 aromatic heterocycles. The molecule has 7 heteroatoms. The second kappa shape index (κ2) is 10.3. The van der Waals surface area contributed by atoms with Gasteiger partial charge in [-0.25, -0.2) is 4.39 Å². The van der Waals surface area contributed by atoms with Crippen LogP contribution in [-0.2, 0) is 0 Å². The van der Waals surface area contributed by atoms with Crippen LogP contribution in [0.15, 0.2) is 58.4 Å². The molecule has 0 fully saturated rings. The highest BCUT2D eigenvalue weighted by Crippen LogP contribution is 2.18. The lowest BCUT2D eigenvalue weighted by Crippen LogP contribution is -2.23. The summed E-state index contributed by atoms with van der Waals surface area (Å²) in [5, 5.41) is 3.01. The van der Waals surface area contributed by atoms with Crippen LogP contribution in [0.4, 0.5) is 10.1 Å². The van der Waals surface area contributed by atoms with Crippen molar-refractivity contribution in [3.05, 3.63) is 54.3 Å². The molecule has 0 radical (unpaired) electrons. The average molecular weight is 447 g/mol. The number of hydrogen-bond donors (Lipinski definition) is 2. The van der Waals surface area contributed by atoms with Gasteiger partial charge in [-0.3, -0.25) is 4.99 Å². The summed E-state index contributed by atoms with van der Waals surface area (Å²) in [6.45, 7) is 0.580. The fourth-order valence-electron chi connectivity index (χ4n) is 1.72. The first-order valence-electron chi connectivity index (χ1n) is 6.77. The van der Waals surface area contributed by atoms with Crippen LogP contribution < -0.4 is 15.8 Å². The summed E-state index contributed by atoms with van der Waals surface area (Å²) in [6, 6.07) is 13.8. The number of benzene rings is 2. The number of hydrogen-bond acceptors (Lipinski definition) is 3. The Bertz CT molecular complexity index is 620. The highest BCUT2D eigenvalue weighted by molar-refractivity contribution is 14.0. The number of ether oxygens (including phenoxy) is 1. The molecule has 0 aliphatic heterocycles. The Morgan fingerprint density at radius 3 is 2.43 bits per heavy atom. The van der Waals surface area contributed by atoms with Crippen molar-refractivity contribution < 1.29 is 9.13 Å². The van der Waals surface area contributed by atoms with Gasteiger partial charge in [0.15, 0.2) is 5.96 Å². The number of thioether (sulfide) groups is 1. The van der Waals surface area contributed by atoms with Crippen molar-refractivity contribution in [3.63, 3.8) is 0 Å². The highest BCUT2D eigenvalue weighted by atomic mass is 127. The van der Waals surface area contributed by atoms with Crippen LogP contribution in [0.25, 0.3) is 0 Å². The molecule has 0 saturated heterocycles. The summed E-state index contributed by atoms with van der Waals surface area (Å²) >= 11 is 1.61. The van der Waals surface area contributed by atoms with Gasteiger partial charge in [0.2, 0.25) is 0 Å². The predicted molar refractivity (Wildman–Crippen MR) is 106 cm³/mol. The SMILES string of the molecule is COc1ccc(NC(N)=NCCSc2ccc(F)cc2)cc1.I. The first-order chi connectivity index (χ1) is 10.7. The van der Waals surface area contributed by atoms with Gasteiger partial charge in [-0.15, -0.1) is 35.7 Å². The van der Waals surface area contributed by atoms with Crippen molar-refractivity contribution in [1.29, 1.82) is 0 Å². The summed E-state index contributed by atoms with van der Waals surface area (Å²) in [6.07, 6.45) is 0. The van der Waals surface area contributed by atoms with E-state index in [0.29, 0.717) is 12.5 Å². The lowest BCUT2D eigenvalue weighted by molar-refractivity contribution is 0.415. The molecule has 2 aromatic rings. The highest BCUT2D eigenvalue weighted by Gasteiger charge is 1.97. The molecule has 23 heavy (non-hydrogen) atoms. The Balaban J connectivity index is 0.00000264. The summed E-state index contributed by atoms with van der Waals surface area (Å²) in [5.74, 6) is 1.70. The molecule has 0 unspecified atom stereocenters. The third kappa shape index (κ3) is 7.08. The zero-order valence-electron chi connectivity index (χ0n) is 12.7. The minimum Gasteiger partial charge on any atom is -0.497 e. The number of methoxy groups -OCH3 is 1. The number of halogens is 2. The van der Waals surface area contributed by atoms with E-state index in [0.717, 1.165) is 22.1 Å². The van der Waals surface area contributed by atoms with Crippen molar-refractivity contribution in [2.24, 2.45) is 10.7 Å². The molecule has 0 heterocycles. The van der Waals surface area contributed by atoms with Crippen molar-refractivity contribution in [2.45, 2.75) is 4.90 Å².